The van der Waals surface area contributed by atoms with Gasteiger partial charge in [-0.1, -0.05) is 45.4 Å². The minimum Gasteiger partial charge on any atom is -0.476 e. The molecule has 14 nitrogen and oxygen atoms in total. The van der Waals surface area contributed by atoms with Crippen LogP contribution < -0.4 is 14.8 Å². The zero-order chi connectivity index (χ0) is 37.7. The van der Waals surface area contributed by atoms with E-state index < -0.39 is 27.1 Å². The number of ether oxygens (including phenoxy) is 3. The second-order valence-corrected chi connectivity index (χ2v) is 16.9. The molecule has 2 amide bonds. The molecular formula is C35H50ClN7O7S. The van der Waals surface area contributed by atoms with Gasteiger partial charge in [-0.25, -0.2) is 24.2 Å². The van der Waals surface area contributed by atoms with E-state index in [9.17, 15) is 18.0 Å². The van der Waals surface area contributed by atoms with Crippen molar-refractivity contribution in [1.82, 2.24) is 29.4 Å². The van der Waals surface area contributed by atoms with Crippen LogP contribution in [-0.4, -0.2) is 88.6 Å². The van der Waals surface area contributed by atoms with Gasteiger partial charge in [-0.3, -0.25) is 4.79 Å². The average Bonchev–Trinajstić information content (AvgIpc) is 3.61. The molecule has 1 unspecified atom stereocenters. The normalized spacial score (nSPS) is 16.2. The Kier molecular flexibility index (Phi) is 12.6. The van der Waals surface area contributed by atoms with Crippen molar-refractivity contribution in [2.75, 3.05) is 31.6 Å². The van der Waals surface area contributed by atoms with Crippen molar-refractivity contribution < 1.29 is 32.2 Å². The molecule has 1 saturated heterocycles. The molecule has 1 atom stereocenters. The lowest BCUT2D eigenvalue weighted by molar-refractivity contribution is 0.0105. The van der Waals surface area contributed by atoms with E-state index in [0.717, 1.165) is 0 Å². The van der Waals surface area contributed by atoms with Crippen molar-refractivity contribution in [2.45, 2.75) is 91.0 Å². The Labute approximate surface area is 305 Å². The van der Waals surface area contributed by atoms with Crippen molar-refractivity contribution in [1.29, 1.82) is 0 Å². The molecule has 4 heterocycles. The van der Waals surface area contributed by atoms with Gasteiger partial charge < -0.3 is 24.4 Å². The van der Waals surface area contributed by atoms with E-state index in [1.807, 2.05) is 39.3 Å². The van der Waals surface area contributed by atoms with E-state index in [-0.39, 0.29) is 40.4 Å². The first-order chi connectivity index (χ1) is 23.8. The van der Waals surface area contributed by atoms with Gasteiger partial charge in [0.05, 0.1) is 31.4 Å². The number of hydrogen-bond acceptors (Lipinski definition) is 11. The summed E-state index contributed by atoms with van der Waals surface area (Å²) in [6.07, 6.45) is 1.72. The summed E-state index contributed by atoms with van der Waals surface area (Å²) in [4.78, 5) is 35.8. The Hall–Kier alpha value is -3.95. The number of carbonyl (C=O) groups is 2. The summed E-state index contributed by atoms with van der Waals surface area (Å²) in [6, 6.07) is 8.96. The van der Waals surface area contributed by atoms with E-state index in [2.05, 4.69) is 48.1 Å². The molecule has 0 aliphatic carbocycles. The van der Waals surface area contributed by atoms with Crippen LogP contribution in [-0.2, 0) is 19.5 Å². The van der Waals surface area contributed by atoms with Crippen LogP contribution in [0.25, 0.3) is 5.82 Å². The molecule has 3 aromatic heterocycles. The van der Waals surface area contributed by atoms with Crippen molar-refractivity contribution in [3.8, 4) is 11.7 Å². The lowest BCUT2D eigenvalue weighted by Gasteiger charge is -2.33. The molecule has 0 radical (unpaired) electrons. The molecule has 16 heteroatoms. The molecule has 0 spiro atoms. The van der Waals surface area contributed by atoms with Gasteiger partial charge in [0.25, 0.3) is 15.9 Å². The fourth-order valence-electron chi connectivity index (χ4n) is 5.80. The zero-order valence-corrected chi connectivity index (χ0v) is 32.3. The molecular weight excluding hydrogens is 698 g/mol. The summed E-state index contributed by atoms with van der Waals surface area (Å²) in [5, 5.41) is 6.87. The van der Waals surface area contributed by atoms with E-state index >= 15 is 0 Å². The van der Waals surface area contributed by atoms with Gasteiger partial charge in [-0.05, 0) is 83.1 Å². The number of rotatable bonds is 14. The Bertz CT molecular complexity index is 1780. The summed E-state index contributed by atoms with van der Waals surface area (Å²) >= 11 is 6.33. The first-order valence-corrected chi connectivity index (χ1v) is 18.9. The van der Waals surface area contributed by atoms with Gasteiger partial charge in [0.1, 0.15) is 16.6 Å². The first kappa shape index (κ1) is 39.8. The van der Waals surface area contributed by atoms with Crippen LogP contribution in [0.2, 0.25) is 5.15 Å². The quantitative estimate of drug-likeness (QED) is 0.148. The number of anilines is 1. The summed E-state index contributed by atoms with van der Waals surface area (Å²) in [6.45, 7) is 19.6. The average molecular weight is 748 g/mol. The number of halogens is 1. The van der Waals surface area contributed by atoms with Crippen molar-refractivity contribution >= 4 is 39.4 Å². The van der Waals surface area contributed by atoms with Crippen molar-refractivity contribution in [3.05, 3.63) is 53.3 Å². The van der Waals surface area contributed by atoms with Crippen molar-refractivity contribution in [2.24, 2.45) is 17.8 Å². The predicted octanol–water partition coefficient (Wildman–Crippen LogP) is 5.96. The maximum Gasteiger partial charge on any atom is 0.410 e. The summed E-state index contributed by atoms with van der Waals surface area (Å²) in [5.41, 5.74) is -1.17. The Morgan fingerprint density at radius 3 is 2.41 bits per heavy atom. The number of sulfonamides is 1. The first-order valence-electron chi connectivity index (χ1n) is 17.0. The maximum absolute atomic E-state index is 13.1. The zero-order valence-electron chi connectivity index (χ0n) is 30.8. The van der Waals surface area contributed by atoms with Crippen LogP contribution in [0.5, 0.6) is 5.88 Å². The number of amides is 2. The highest BCUT2D eigenvalue weighted by molar-refractivity contribution is 7.90. The lowest BCUT2D eigenvalue weighted by atomic mass is 9.86. The summed E-state index contributed by atoms with van der Waals surface area (Å²) < 4.78 is 47.2. The van der Waals surface area contributed by atoms with Gasteiger partial charge in [-0.15, -0.1) is 5.10 Å². The second-order valence-electron chi connectivity index (χ2n) is 14.9. The van der Waals surface area contributed by atoms with Gasteiger partial charge in [0, 0.05) is 24.3 Å². The maximum atomic E-state index is 13.1. The number of nitrogens with zero attached hydrogens (tertiary/aromatic N) is 5. The minimum atomic E-state index is -4.37. The fourth-order valence-corrected chi connectivity index (χ4v) is 6.97. The molecule has 0 aromatic carbocycles. The highest BCUT2D eigenvalue weighted by Gasteiger charge is 2.43. The topological polar surface area (TPSA) is 167 Å². The number of aromatic nitrogens is 4. The van der Waals surface area contributed by atoms with Crippen LogP contribution in [0.4, 0.5) is 10.6 Å². The van der Waals surface area contributed by atoms with Crippen LogP contribution >= 0.6 is 11.6 Å². The van der Waals surface area contributed by atoms with Crippen LogP contribution in [0, 0.1) is 17.8 Å². The third-order valence-electron chi connectivity index (χ3n) is 8.46. The molecule has 1 aliphatic rings. The molecule has 51 heavy (non-hydrogen) atoms. The highest BCUT2D eigenvalue weighted by Crippen LogP contribution is 2.32. The summed E-state index contributed by atoms with van der Waals surface area (Å²) in [5.74, 6) is 1.31. The van der Waals surface area contributed by atoms with E-state index in [4.69, 9.17) is 25.8 Å². The van der Waals surface area contributed by atoms with Crippen LogP contribution in [0.15, 0.2) is 47.6 Å². The monoisotopic (exact) mass is 747 g/mol. The Morgan fingerprint density at radius 2 is 1.76 bits per heavy atom. The molecule has 3 aromatic rings. The number of hydrogen-bond donors (Lipinski definition) is 2. The smallest absolute Gasteiger partial charge is 0.410 e. The molecule has 1 aliphatic heterocycles. The number of likely N-dealkylation sites (tertiary alicyclic amines) is 1. The molecule has 4 rings (SSSR count). The molecule has 0 bridgehead atoms. The summed E-state index contributed by atoms with van der Waals surface area (Å²) in [7, 11) is -4.37. The second kappa shape index (κ2) is 16.2. The van der Waals surface area contributed by atoms with Gasteiger partial charge in [-0.2, -0.15) is 8.42 Å². The standard InChI is InChI=1S/C35H50ClN7O7S/c1-22(2)26(23(3)4)21-49-29-15-17-43(40-29)28-14-13-25(31(36)39-28)32(44)41-51(46,47)30-12-10-11-27(38-30)37-16-18-48-24-19-35(8,9)42(20-24)33(45)50-34(5,6)7/h10-15,17,22-24,26H,16,18-21H2,1-9H3,(H,37,38)(H,41,44). The third kappa shape index (κ3) is 10.8. The third-order valence-corrected chi connectivity index (χ3v) is 9.98. The molecule has 2 N–H and O–H groups in total. The lowest BCUT2D eigenvalue weighted by Crippen LogP contribution is -2.45. The SMILES string of the molecule is CC(C)C(COc1ccn(-c2ccc(C(=O)NS(=O)(=O)c3cccc(NCCOC4CN(C(=O)OC(C)(C)C)C(C)(C)C4)n3)c(Cl)n2)n1)C(C)C. The molecule has 0 saturated carbocycles. The minimum absolute atomic E-state index is 0.143. The fraction of sp³-hybridized carbons (Fsp3) is 0.571. The number of carbonyl (C=O) groups excluding carboxylic acids is 2. The van der Waals surface area contributed by atoms with E-state index in [1.54, 1.807) is 23.2 Å². The molecule has 1 fully saturated rings. The number of pyridine rings is 2. The predicted molar refractivity (Wildman–Crippen MR) is 194 cm³/mol. The van der Waals surface area contributed by atoms with Crippen LogP contribution in [0.3, 0.4) is 0 Å². The Morgan fingerprint density at radius 1 is 1.06 bits per heavy atom. The van der Waals surface area contributed by atoms with Gasteiger partial charge in [0.2, 0.25) is 5.88 Å². The largest absolute Gasteiger partial charge is 0.476 e. The number of nitrogens with one attached hydrogen (secondary N) is 2. The van der Waals surface area contributed by atoms with Gasteiger partial charge >= 0.3 is 6.09 Å². The van der Waals surface area contributed by atoms with Crippen LogP contribution in [0.1, 0.15) is 79.1 Å². The highest BCUT2D eigenvalue weighted by atomic mass is 35.5. The van der Waals surface area contributed by atoms with Crippen molar-refractivity contribution in [3.63, 3.8) is 0 Å². The van der Waals surface area contributed by atoms with E-state index in [1.165, 1.54) is 28.9 Å². The Balaban J connectivity index is 1.31. The van der Waals surface area contributed by atoms with Gasteiger partial charge in [0.15, 0.2) is 10.8 Å². The molecule has 280 valence electrons. The van der Waals surface area contributed by atoms with E-state index in [0.29, 0.717) is 55.6 Å².